The van der Waals surface area contributed by atoms with Crippen molar-refractivity contribution in [3.8, 4) is 0 Å². The van der Waals surface area contributed by atoms with Gasteiger partial charge >= 0.3 is 0 Å². The lowest BCUT2D eigenvalue weighted by atomic mass is 10.2. The Labute approximate surface area is 90.8 Å². The highest BCUT2D eigenvalue weighted by Gasteiger charge is 2.10. The molecule has 0 saturated heterocycles. The molecule has 1 unspecified atom stereocenters. The number of hydrogen-bond acceptors (Lipinski definition) is 3. The first kappa shape index (κ1) is 12.8. The molecule has 0 aliphatic rings. The molecule has 1 aromatic rings. The molecule has 0 aliphatic carbocycles. The number of nitrogens with one attached hydrogen (secondary N) is 1. The van der Waals surface area contributed by atoms with Crippen molar-refractivity contribution < 1.29 is 23.0 Å². The Kier molecular flexibility index (Phi) is 4.57. The van der Waals surface area contributed by atoms with Gasteiger partial charge < -0.3 is 15.2 Å². The van der Waals surface area contributed by atoms with Gasteiger partial charge in [-0.15, -0.1) is 0 Å². The normalized spacial score (nSPS) is 12.6. The zero-order valence-electron chi connectivity index (χ0n) is 8.64. The second kappa shape index (κ2) is 5.72. The second-order valence-electron chi connectivity index (χ2n) is 3.24. The number of anilines is 1. The molecule has 90 valence electrons. The summed E-state index contributed by atoms with van der Waals surface area (Å²) < 4.78 is 43.1. The molecule has 0 spiro atoms. The van der Waals surface area contributed by atoms with Gasteiger partial charge in [0.15, 0.2) is 11.6 Å². The number of aliphatic hydroxyl groups excluding tert-OH is 1. The van der Waals surface area contributed by atoms with Crippen LogP contribution in [0, 0.1) is 17.5 Å². The minimum Gasteiger partial charge on any atom is -0.389 e. The third-order valence-corrected chi connectivity index (χ3v) is 1.90. The van der Waals surface area contributed by atoms with Crippen LogP contribution in [0.25, 0.3) is 0 Å². The van der Waals surface area contributed by atoms with Gasteiger partial charge in [0.2, 0.25) is 0 Å². The summed E-state index contributed by atoms with van der Waals surface area (Å²) in [6.45, 7) is 0.0497. The fourth-order valence-corrected chi connectivity index (χ4v) is 1.14. The topological polar surface area (TPSA) is 41.5 Å². The van der Waals surface area contributed by atoms with Crippen molar-refractivity contribution in [1.82, 2.24) is 0 Å². The minimum atomic E-state index is -1.25. The van der Waals surface area contributed by atoms with Crippen LogP contribution in [0.4, 0.5) is 18.9 Å². The summed E-state index contributed by atoms with van der Waals surface area (Å²) in [4.78, 5) is 0. The van der Waals surface area contributed by atoms with E-state index in [0.29, 0.717) is 12.1 Å². The van der Waals surface area contributed by atoms with E-state index in [1.165, 1.54) is 7.11 Å². The van der Waals surface area contributed by atoms with Gasteiger partial charge in [-0.25, -0.2) is 13.2 Å². The van der Waals surface area contributed by atoms with E-state index in [2.05, 4.69) is 10.1 Å². The van der Waals surface area contributed by atoms with Crippen molar-refractivity contribution in [3.63, 3.8) is 0 Å². The largest absolute Gasteiger partial charge is 0.389 e. The molecule has 0 aromatic heterocycles. The molecule has 0 aliphatic heterocycles. The number of aliphatic hydroxyl groups is 1. The van der Waals surface area contributed by atoms with Gasteiger partial charge in [-0.3, -0.25) is 0 Å². The molecule has 0 fully saturated rings. The van der Waals surface area contributed by atoms with Crippen molar-refractivity contribution >= 4 is 5.69 Å². The summed E-state index contributed by atoms with van der Waals surface area (Å²) in [6, 6.07) is 1.14. The molecule has 3 nitrogen and oxygen atoms in total. The monoisotopic (exact) mass is 235 g/mol. The van der Waals surface area contributed by atoms with Crippen LogP contribution in [-0.2, 0) is 4.74 Å². The van der Waals surface area contributed by atoms with E-state index in [1.54, 1.807) is 0 Å². The first-order valence-corrected chi connectivity index (χ1v) is 4.60. The standard InChI is InChI=1S/C10H12F3NO2/c1-16-5-6(15)4-14-10-3-8(12)7(11)2-9(10)13/h2-3,6,14-15H,4-5H2,1H3. The van der Waals surface area contributed by atoms with Crippen LogP contribution in [0.3, 0.4) is 0 Å². The van der Waals surface area contributed by atoms with E-state index < -0.39 is 23.6 Å². The van der Waals surface area contributed by atoms with Crippen LogP contribution in [0.5, 0.6) is 0 Å². The van der Waals surface area contributed by atoms with Crippen LogP contribution in [0.1, 0.15) is 0 Å². The molecule has 1 rings (SSSR count). The third-order valence-electron chi connectivity index (χ3n) is 1.90. The van der Waals surface area contributed by atoms with Crippen LogP contribution < -0.4 is 5.32 Å². The zero-order chi connectivity index (χ0) is 12.1. The summed E-state index contributed by atoms with van der Waals surface area (Å²) in [6.07, 6.45) is -0.850. The van der Waals surface area contributed by atoms with E-state index in [4.69, 9.17) is 0 Å². The van der Waals surface area contributed by atoms with Gasteiger partial charge in [0.1, 0.15) is 5.82 Å². The lowest BCUT2D eigenvalue weighted by Crippen LogP contribution is -2.24. The van der Waals surface area contributed by atoms with Gasteiger partial charge in [0, 0.05) is 25.8 Å². The van der Waals surface area contributed by atoms with Gasteiger partial charge in [0.25, 0.3) is 0 Å². The fraction of sp³-hybridized carbons (Fsp3) is 0.400. The Bertz CT molecular complexity index is 360. The average molecular weight is 235 g/mol. The van der Waals surface area contributed by atoms with Gasteiger partial charge in [-0.2, -0.15) is 0 Å². The number of hydrogen-bond donors (Lipinski definition) is 2. The van der Waals surface area contributed by atoms with Crippen molar-refractivity contribution in [3.05, 3.63) is 29.6 Å². The second-order valence-corrected chi connectivity index (χ2v) is 3.24. The smallest absolute Gasteiger partial charge is 0.161 e. The van der Waals surface area contributed by atoms with E-state index >= 15 is 0 Å². The lowest BCUT2D eigenvalue weighted by molar-refractivity contribution is 0.0727. The van der Waals surface area contributed by atoms with Crippen molar-refractivity contribution in [2.45, 2.75) is 6.10 Å². The van der Waals surface area contributed by atoms with E-state index in [0.717, 1.165) is 0 Å². The van der Waals surface area contributed by atoms with Crippen LogP contribution in [-0.4, -0.2) is 31.5 Å². The lowest BCUT2D eigenvalue weighted by Gasteiger charge is -2.12. The first-order chi connectivity index (χ1) is 7.54. The van der Waals surface area contributed by atoms with Gasteiger partial charge in [0.05, 0.1) is 18.4 Å². The molecule has 1 aromatic carbocycles. The molecular formula is C10H12F3NO2. The number of ether oxygens (including phenoxy) is 1. The Morgan fingerprint density at radius 1 is 1.25 bits per heavy atom. The highest BCUT2D eigenvalue weighted by molar-refractivity contribution is 5.45. The summed E-state index contributed by atoms with van der Waals surface area (Å²) in [5.74, 6) is -3.31. The summed E-state index contributed by atoms with van der Waals surface area (Å²) >= 11 is 0. The van der Waals surface area contributed by atoms with E-state index in [9.17, 15) is 18.3 Å². The minimum absolute atomic E-state index is 0.0180. The van der Waals surface area contributed by atoms with E-state index in [1.807, 2.05) is 0 Å². The molecule has 16 heavy (non-hydrogen) atoms. The fourth-order valence-electron chi connectivity index (χ4n) is 1.14. The number of methoxy groups -OCH3 is 1. The maximum atomic E-state index is 13.1. The molecule has 0 amide bonds. The van der Waals surface area contributed by atoms with Crippen LogP contribution >= 0.6 is 0 Å². The predicted molar refractivity (Wildman–Crippen MR) is 52.7 cm³/mol. The molecule has 0 heterocycles. The molecular weight excluding hydrogens is 223 g/mol. The maximum Gasteiger partial charge on any atom is 0.161 e. The molecule has 2 N–H and O–H groups in total. The average Bonchev–Trinajstić information content (AvgIpc) is 2.22. The number of rotatable bonds is 5. The highest BCUT2D eigenvalue weighted by Crippen LogP contribution is 2.18. The SMILES string of the molecule is COCC(O)CNc1cc(F)c(F)cc1F. The van der Waals surface area contributed by atoms with Crippen LogP contribution in [0.2, 0.25) is 0 Å². The molecule has 1 atom stereocenters. The Balaban J connectivity index is 2.63. The first-order valence-electron chi connectivity index (χ1n) is 4.60. The third kappa shape index (κ3) is 3.39. The molecule has 6 heteroatoms. The summed E-state index contributed by atoms with van der Waals surface area (Å²) in [7, 11) is 1.40. The number of benzene rings is 1. The van der Waals surface area contributed by atoms with Crippen LogP contribution in [0.15, 0.2) is 12.1 Å². The molecule has 0 bridgehead atoms. The number of halogens is 3. The summed E-state index contributed by atoms with van der Waals surface area (Å²) in [5, 5.41) is 11.7. The molecule has 0 saturated carbocycles. The Morgan fingerprint density at radius 3 is 2.50 bits per heavy atom. The Hall–Kier alpha value is -1.27. The van der Waals surface area contributed by atoms with Gasteiger partial charge in [-0.1, -0.05) is 0 Å². The zero-order valence-corrected chi connectivity index (χ0v) is 8.64. The maximum absolute atomic E-state index is 13.1. The van der Waals surface area contributed by atoms with Crippen molar-refractivity contribution in [1.29, 1.82) is 0 Å². The Morgan fingerprint density at radius 2 is 1.88 bits per heavy atom. The highest BCUT2D eigenvalue weighted by atomic mass is 19.2. The quantitative estimate of drug-likeness (QED) is 0.760. The summed E-state index contributed by atoms with van der Waals surface area (Å²) in [5.41, 5.74) is -0.200. The predicted octanol–water partition coefficient (Wildman–Crippen LogP) is 1.52. The molecule has 0 radical (unpaired) electrons. The van der Waals surface area contributed by atoms with E-state index in [-0.39, 0.29) is 18.8 Å². The van der Waals surface area contributed by atoms with Crippen molar-refractivity contribution in [2.24, 2.45) is 0 Å². The van der Waals surface area contributed by atoms with Crippen molar-refractivity contribution in [2.75, 3.05) is 25.6 Å². The van der Waals surface area contributed by atoms with Gasteiger partial charge in [-0.05, 0) is 0 Å².